The lowest BCUT2D eigenvalue weighted by molar-refractivity contribution is -0.166. The van der Waals surface area contributed by atoms with E-state index in [1.807, 2.05) is 0 Å². The molecule has 0 rings (SSSR count). The first-order valence-corrected chi connectivity index (χ1v) is 6.64. The van der Waals surface area contributed by atoms with Crippen molar-refractivity contribution in [3.05, 3.63) is 0 Å². The van der Waals surface area contributed by atoms with Crippen LogP contribution in [-0.4, -0.2) is 64.2 Å². The Hall–Kier alpha value is -2.90. The molecule has 13 heteroatoms. The summed E-state index contributed by atoms with van der Waals surface area (Å²) in [5.41, 5.74) is 15.4. The Morgan fingerprint density at radius 3 is 1.32 bits per heavy atom. The fourth-order valence-corrected chi connectivity index (χ4v) is 1.24. The maximum atomic E-state index is 11.4. The van der Waals surface area contributed by atoms with Crippen molar-refractivity contribution < 1.29 is 48.5 Å². The normalized spacial score (nSPS) is 13.9. The molecule has 0 fully saturated rings. The number of carbonyl (C=O) groups is 6. The molecule has 3 atom stereocenters. The van der Waals surface area contributed by atoms with Gasteiger partial charge in [0.15, 0.2) is 0 Å². The van der Waals surface area contributed by atoms with Crippen molar-refractivity contribution in [2.24, 2.45) is 17.2 Å². The SMILES string of the molecule is N[C@@H](CC(=O)OC(=O)C[C@H](N)C(=O)OC(=O)C[C@H](N)C(=O)O)C(=O)O. The van der Waals surface area contributed by atoms with Crippen molar-refractivity contribution in [3.63, 3.8) is 0 Å². The van der Waals surface area contributed by atoms with Gasteiger partial charge in [0.2, 0.25) is 0 Å². The van der Waals surface area contributed by atoms with Crippen molar-refractivity contribution in [1.29, 1.82) is 0 Å². The van der Waals surface area contributed by atoms with Crippen molar-refractivity contribution in [2.75, 3.05) is 0 Å². The van der Waals surface area contributed by atoms with Crippen molar-refractivity contribution in [2.45, 2.75) is 37.4 Å². The molecule has 0 aliphatic carbocycles. The number of carboxylic acid groups (broad SMARTS) is 2. The lowest BCUT2D eigenvalue weighted by atomic mass is 10.2. The van der Waals surface area contributed by atoms with Crippen LogP contribution < -0.4 is 17.2 Å². The first-order chi connectivity index (χ1) is 11.4. The van der Waals surface area contributed by atoms with E-state index in [0.717, 1.165) is 0 Å². The highest BCUT2D eigenvalue weighted by atomic mass is 16.6. The summed E-state index contributed by atoms with van der Waals surface area (Å²) in [4.78, 5) is 66.1. The fraction of sp³-hybridized carbons (Fsp3) is 0.500. The number of rotatable bonds is 9. The summed E-state index contributed by atoms with van der Waals surface area (Å²) in [5.74, 6) is -8.13. The van der Waals surface area contributed by atoms with Gasteiger partial charge in [0, 0.05) is 0 Å². The van der Waals surface area contributed by atoms with E-state index in [9.17, 15) is 28.8 Å². The van der Waals surface area contributed by atoms with Gasteiger partial charge >= 0.3 is 35.8 Å². The Morgan fingerprint density at radius 1 is 0.640 bits per heavy atom. The second kappa shape index (κ2) is 10.1. The summed E-state index contributed by atoms with van der Waals surface area (Å²) in [7, 11) is 0. The predicted molar refractivity (Wildman–Crippen MR) is 75.2 cm³/mol. The van der Waals surface area contributed by atoms with Gasteiger partial charge in [0.25, 0.3) is 0 Å². The van der Waals surface area contributed by atoms with Crippen LogP contribution in [-0.2, 0) is 38.2 Å². The van der Waals surface area contributed by atoms with Crippen LogP contribution in [0.5, 0.6) is 0 Å². The lowest BCUT2D eigenvalue weighted by Crippen LogP contribution is -2.39. The zero-order valence-electron chi connectivity index (χ0n) is 12.7. The van der Waals surface area contributed by atoms with E-state index in [4.69, 9.17) is 27.4 Å². The van der Waals surface area contributed by atoms with Gasteiger partial charge in [-0.05, 0) is 0 Å². The molecule has 0 spiro atoms. The van der Waals surface area contributed by atoms with Crippen LogP contribution in [0.15, 0.2) is 0 Å². The van der Waals surface area contributed by atoms with E-state index in [1.165, 1.54) is 0 Å². The molecular weight excluding hydrogens is 346 g/mol. The van der Waals surface area contributed by atoms with Crippen LogP contribution in [0.2, 0.25) is 0 Å². The quantitative estimate of drug-likeness (QED) is 0.197. The Labute approximate surface area is 140 Å². The zero-order valence-corrected chi connectivity index (χ0v) is 12.7. The molecule has 0 heterocycles. The van der Waals surface area contributed by atoms with Gasteiger partial charge in [-0.2, -0.15) is 0 Å². The highest BCUT2D eigenvalue weighted by Gasteiger charge is 2.26. The number of aliphatic carboxylic acids is 2. The largest absolute Gasteiger partial charge is 0.480 e. The van der Waals surface area contributed by atoms with Crippen LogP contribution in [0, 0.1) is 0 Å². The number of carboxylic acids is 2. The van der Waals surface area contributed by atoms with E-state index < -0.39 is 73.2 Å². The second-order valence-electron chi connectivity index (χ2n) is 4.75. The van der Waals surface area contributed by atoms with Gasteiger partial charge in [0.1, 0.15) is 18.1 Å². The molecule has 0 aromatic rings. The smallest absolute Gasteiger partial charge is 0.331 e. The molecule has 0 amide bonds. The topological polar surface area (TPSA) is 239 Å². The van der Waals surface area contributed by atoms with Crippen LogP contribution in [0.3, 0.4) is 0 Å². The Kier molecular flexibility index (Phi) is 8.90. The van der Waals surface area contributed by atoms with E-state index >= 15 is 0 Å². The third-order valence-electron chi connectivity index (χ3n) is 2.54. The molecular formula is C12H17N3O10. The molecule has 0 unspecified atom stereocenters. The molecule has 25 heavy (non-hydrogen) atoms. The van der Waals surface area contributed by atoms with Crippen LogP contribution in [0.25, 0.3) is 0 Å². The number of nitrogens with two attached hydrogens (primary N) is 3. The number of ether oxygens (including phenoxy) is 2. The molecule has 8 N–H and O–H groups in total. The average Bonchev–Trinajstić information content (AvgIpc) is 2.45. The number of hydrogen-bond acceptors (Lipinski definition) is 11. The minimum atomic E-state index is -1.68. The summed E-state index contributed by atoms with van der Waals surface area (Å²) in [6.45, 7) is 0. The number of carbonyl (C=O) groups excluding carboxylic acids is 4. The summed E-state index contributed by atoms with van der Waals surface area (Å²) < 4.78 is 8.40. The molecule has 0 aliphatic heterocycles. The number of esters is 4. The van der Waals surface area contributed by atoms with Crippen molar-refractivity contribution in [3.8, 4) is 0 Å². The van der Waals surface area contributed by atoms with E-state index in [2.05, 4.69) is 9.47 Å². The van der Waals surface area contributed by atoms with Gasteiger partial charge < -0.3 is 36.9 Å². The highest BCUT2D eigenvalue weighted by molar-refractivity contribution is 5.94. The fourth-order valence-electron chi connectivity index (χ4n) is 1.24. The predicted octanol–water partition coefficient (Wildman–Crippen LogP) is -3.55. The molecule has 13 nitrogen and oxygen atoms in total. The second-order valence-corrected chi connectivity index (χ2v) is 4.75. The Balaban J connectivity index is 4.36. The van der Waals surface area contributed by atoms with E-state index in [0.29, 0.717) is 0 Å². The van der Waals surface area contributed by atoms with Gasteiger partial charge in [0.05, 0.1) is 19.3 Å². The summed E-state index contributed by atoms with van der Waals surface area (Å²) in [5, 5.41) is 17.0. The van der Waals surface area contributed by atoms with Gasteiger partial charge in [-0.25, -0.2) is 4.79 Å². The molecule has 0 saturated heterocycles. The van der Waals surface area contributed by atoms with E-state index in [-0.39, 0.29) is 0 Å². The molecule has 0 aliphatic rings. The van der Waals surface area contributed by atoms with Crippen LogP contribution >= 0.6 is 0 Å². The molecule has 140 valence electrons. The van der Waals surface area contributed by atoms with Gasteiger partial charge in [-0.1, -0.05) is 0 Å². The first-order valence-electron chi connectivity index (χ1n) is 6.64. The minimum Gasteiger partial charge on any atom is -0.480 e. The minimum absolute atomic E-state index is 0.785. The summed E-state index contributed by atoms with van der Waals surface area (Å²) in [6.07, 6.45) is -2.44. The van der Waals surface area contributed by atoms with Crippen molar-refractivity contribution in [1.82, 2.24) is 0 Å². The molecule has 0 radical (unpaired) electrons. The lowest BCUT2D eigenvalue weighted by Gasteiger charge is -2.11. The zero-order chi connectivity index (χ0) is 19.7. The monoisotopic (exact) mass is 363 g/mol. The number of hydrogen-bond donors (Lipinski definition) is 5. The Bertz CT molecular complexity index is 575. The maximum Gasteiger partial charge on any atom is 0.331 e. The molecule has 0 saturated carbocycles. The van der Waals surface area contributed by atoms with Crippen LogP contribution in [0.4, 0.5) is 0 Å². The average molecular weight is 363 g/mol. The van der Waals surface area contributed by atoms with Gasteiger partial charge in [-0.3, -0.25) is 24.0 Å². The first kappa shape index (κ1) is 22.1. The van der Waals surface area contributed by atoms with Gasteiger partial charge in [-0.15, -0.1) is 0 Å². The van der Waals surface area contributed by atoms with Crippen molar-refractivity contribution >= 4 is 35.8 Å². The third-order valence-corrected chi connectivity index (χ3v) is 2.54. The molecule has 0 aromatic heterocycles. The summed E-state index contributed by atoms with van der Waals surface area (Å²) in [6, 6.07) is -4.84. The maximum absolute atomic E-state index is 11.4. The molecule has 0 bridgehead atoms. The Morgan fingerprint density at radius 2 is 0.960 bits per heavy atom. The third kappa shape index (κ3) is 9.09. The van der Waals surface area contributed by atoms with E-state index in [1.54, 1.807) is 0 Å². The standard InChI is InChI=1S/C12H17N3O10/c13-4(10(19)20)1-7(16)24-8(17)3-6(15)12(23)25-9(18)2-5(14)11(21)22/h4-6H,1-3,13-15H2,(H,19,20)(H,21,22)/t4-,5-,6-/m0/s1. The highest BCUT2D eigenvalue weighted by Crippen LogP contribution is 2.01. The molecule has 0 aromatic carbocycles. The van der Waals surface area contributed by atoms with Crippen LogP contribution in [0.1, 0.15) is 19.3 Å². The summed E-state index contributed by atoms with van der Waals surface area (Å²) >= 11 is 0.